The highest BCUT2D eigenvalue weighted by molar-refractivity contribution is 7.47. The Bertz CT molecular complexity index is 128. The number of nitrogens with zero attached hydrogens (tertiary/aromatic N) is 1. The summed E-state index contributed by atoms with van der Waals surface area (Å²) >= 11 is 4.13. The van der Waals surface area contributed by atoms with Crippen LogP contribution in [-0.4, -0.2) is 12.7 Å². The number of hydrogen-bond acceptors (Lipinski definition) is 3. The molecule has 0 rings (SSSR count). The van der Waals surface area contributed by atoms with Crippen LogP contribution in [0.2, 0.25) is 0 Å². The van der Waals surface area contributed by atoms with E-state index in [-0.39, 0.29) is 0 Å². The molecule has 0 saturated carbocycles. The van der Waals surface area contributed by atoms with Crippen LogP contribution in [0.5, 0.6) is 0 Å². The zero-order valence-corrected chi connectivity index (χ0v) is 7.52. The van der Waals surface area contributed by atoms with Crippen molar-refractivity contribution in [1.82, 2.24) is 0 Å². The number of carbonyl (C=O) groups is 1. The van der Waals surface area contributed by atoms with E-state index in [1.165, 1.54) is 12.8 Å². The van der Waals surface area contributed by atoms with Crippen molar-refractivity contribution in [2.75, 3.05) is 6.61 Å². The van der Waals surface area contributed by atoms with E-state index in [0.717, 1.165) is 12.8 Å². The van der Waals surface area contributed by atoms with Gasteiger partial charge in [-0.15, -0.1) is 4.36 Å². The number of carbonyl (C=O) groups excluding carboxylic acids is 1. The summed E-state index contributed by atoms with van der Waals surface area (Å²) in [5.74, 6) is 0. The fourth-order valence-electron chi connectivity index (χ4n) is 0.715. The highest BCUT2D eigenvalue weighted by Crippen LogP contribution is 1.99. The molecule has 0 heterocycles. The average Bonchev–Trinajstić information content (AvgIpc) is 2.04. The molecule has 0 aliphatic rings. The van der Waals surface area contributed by atoms with Gasteiger partial charge in [-0.1, -0.05) is 26.2 Å². The first-order valence-corrected chi connectivity index (χ1v) is 4.18. The van der Waals surface area contributed by atoms with Crippen molar-refractivity contribution in [2.24, 2.45) is 4.36 Å². The molecule has 0 aliphatic heterocycles. The topological polar surface area (TPSA) is 38.7 Å². The maximum absolute atomic E-state index is 10.4. The Morgan fingerprint density at radius 3 is 2.73 bits per heavy atom. The normalized spacial score (nSPS) is 9.18. The summed E-state index contributed by atoms with van der Waals surface area (Å²) in [6.07, 6.45) is 3.73. The van der Waals surface area contributed by atoms with Crippen molar-refractivity contribution >= 4 is 18.5 Å². The van der Waals surface area contributed by atoms with Crippen LogP contribution in [0.3, 0.4) is 0 Å². The summed E-state index contributed by atoms with van der Waals surface area (Å²) in [6.45, 7) is 2.57. The molecule has 0 atom stereocenters. The number of amides is 1. The second-order valence-electron chi connectivity index (χ2n) is 2.27. The molecule has 0 bridgehead atoms. The minimum absolute atomic E-state index is 0.443. The van der Waals surface area contributed by atoms with E-state index < -0.39 is 6.09 Å². The van der Waals surface area contributed by atoms with Crippen LogP contribution in [0.15, 0.2) is 4.36 Å². The lowest BCUT2D eigenvalue weighted by Crippen LogP contribution is -1.99. The van der Waals surface area contributed by atoms with Gasteiger partial charge < -0.3 is 4.74 Å². The first kappa shape index (κ1) is 10.5. The molecule has 11 heavy (non-hydrogen) atoms. The van der Waals surface area contributed by atoms with E-state index in [2.05, 4.69) is 28.4 Å². The van der Waals surface area contributed by atoms with Gasteiger partial charge in [-0.25, -0.2) is 4.79 Å². The minimum Gasteiger partial charge on any atom is -0.447 e. The number of rotatable bonds is 5. The van der Waals surface area contributed by atoms with Crippen LogP contribution in [0.1, 0.15) is 32.6 Å². The lowest BCUT2D eigenvalue weighted by Gasteiger charge is -1.98. The number of hydrogen-bond donors (Lipinski definition) is 0. The molecule has 0 aromatic heterocycles. The Hall–Kier alpha value is -0.510. The summed E-state index contributed by atoms with van der Waals surface area (Å²) < 4.78 is 7.56. The third kappa shape index (κ3) is 7.39. The molecule has 0 aromatic rings. The molecular formula is C7H13NO2S. The van der Waals surface area contributed by atoms with Crippen LogP contribution < -0.4 is 0 Å². The standard InChI is InChI=1S/C7H13NO2S/c1-2-3-4-5-6-10-7(9)8-11/h2-6H2,1H3. The zero-order valence-electron chi connectivity index (χ0n) is 6.71. The third-order valence-electron chi connectivity index (χ3n) is 1.30. The van der Waals surface area contributed by atoms with Crippen molar-refractivity contribution in [3.63, 3.8) is 0 Å². The van der Waals surface area contributed by atoms with Crippen molar-refractivity contribution in [3.8, 4) is 0 Å². The van der Waals surface area contributed by atoms with Crippen molar-refractivity contribution in [3.05, 3.63) is 0 Å². The third-order valence-corrected chi connectivity index (χ3v) is 1.45. The number of unbranched alkanes of at least 4 members (excludes halogenated alkanes) is 3. The summed E-state index contributed by atoms with van der Waals surface area (Å²) in [7, 11) is 0. The monoisotopic (exact) mass is 175 g/mol. The molecular weight excluding hydrogens is 162 g/mol. The van der Waals surface area contributed by atoms with E-state index in [1.54, 1.807) is 0 Å². The Morgan fingerprint density at radius 2 is 2.18 bits per heavy atom. The van der Waals surface area contributed by atoms with Gasteiger partial charge in [0.05, 0.1) is 6.61 Å². The number of ether oxygens (including phenoxy) is 1. The molecule has 0 aromatic carbocycles. The summed E-state index contributed by atoms with van der Waals surface area (Å²) in [6, 6.07) is 0. The second kappa shape index (κ2) is 7.60. The van der Waals surface area contributed by atoms with Crippen LogP contribution >= 0.6 is 0 Å². The Balaban J connectivity index is 3.01. The smallest absolute Gasteiger partial charge is 0.445 e. The van der Waals surface area contributed by atoms with Crippen LogP contribution in [0.25, 0.3) is 0 Å². The molecule has 0 N–H and O–H groups in total. The summed E-state index contributed by atoms with van der Waals surface area (Å²) in [4.78, 5) is 10.4. The average molecular weight is 175 g/mol. The fraction of sp³-hybridized carbons (Fsp3) is 0.857. The largest absolute Gasteiger partial charge is 0.447 e. The van der Waals surface area contributed by atoms with Crippen LogP contribution in [-0.2, 0) is 17.2 Å². The van der Waals surface area contributed by atoms with Gasteiger partial charge in [0.15, 0.2) is 0 Å². The van der Waals surface area contributed by atoms with E-state index in [9.17, 15) is 4.79 Å². The predicted molar refractivity (Wildman–Crippen MR) is 45.3 cm³/mol. The first-order valence-electron chi connectivity index (χ1n) is 3.81. The van der Waals surface area contributed by atoms with Gasteiger partial charge in [-0.3, -0.25) is 0 Å². The molecule has 3 nitrogen and oxygen atoms in total. The molecule has 1 amide bonds. The minimum atomic E-state index is -0.642. The van der Waals surface area contributed by atoms with Crippen molar-refractivity contribution in [1.29, 1.82) is 0 Å². The molecule has 0 unspecified atom stereocenters. The van der Waals surface area contributed by atoms with Gasteiger partial charge in [0.1, 0.15) is 0 Å². The SMILES string of the molecule is CCCCCCOC(=O)N=S. The first-order chi connectivity index (χ1) is 5.31. The fourth-order valence-corrected chi connectivity index (χ4v) is 0.767. The zero-order chi connectivity index (χ0) is 8.53. The van der Waals surface area contributed by atoms with Crippen LogP contribution in [0, 0.1) is 0 Å². The van der Waals surface area contributed by atoms with Crippen LogP contribution in [0.4, 0.5) is 4.79 Å². The molecule has 0 fully saturated rings. The Morgan fingerprint density at radius 1 is 1.45 bits per heavy atom. The van der Waals surface area contributed by atoms with E-state index in [1.807, 2.05) is 0 Å². The molecule has 64 valence electrons. The summed E-state index contributed by atoms with van der Waals surface area (Å²) in [5.41, 5.74) is 0. The highest BCUT2D eigenvalue weighted by Gasteiger charge is 1.95. The molecule has 0 aliphatic carbocycles. The second-order valence-corrected chi connectivity index (χ2v) is 2.45. The molecule has 0 spiro atoms. The van der Waals surface area contributed by atoms with Gasteiger partial charge in [0.2, 0.25) is 0 Å². The highest BCUT2D eigenvalue weighted by atomic mass is 32.1. The predicted octanol–water partition coefficient (Wildman–Crippen LogP) is 2.43. The Kier molecular flexibility index (Phi) is 7.24. The van der Waals surface area contributed by atoms with E-state index in [0.29, 0.717) is 6.61 Å². The van der Waals surface area contributed by atoms with Gasteiger partial charge in [-0.2, -0.15) is 0 Å². The molecule has 0 radical (unpaired) electrons. The van der Waals surface area contributed by atoms with Gasteiger partial charge >= 0.3 is 6.09 Å². The maximum Gasteiger partial charge on any atom is 0.445 e. The quantitative estimate of drug-likeness (QED) is 0.602. The van der Waals surface area contributed by atoms with Gasteiger partial charge in [-0.05, 0) is 6.42 Å². The van der Waals surface area contributed by atoms with Gasteiger partial charge in [0.25, 0.3) is 0 Å². The van der Waals surface area contributed by atoms with Crippen molar-refractivity contribution < 1.29 is 9.53 Å². The lowest BCUT2D eigenvalue weighted by molar-refractivity contribution is 0.155. The Labute approximate surface area is 72.3 Å². The van der Waals surface area contributed by atoms with Gasteiger partial charge in [0, 0.05) is 12.4 Å². The maximum atomic E-state index is 10.4. The molecule has 0 saturated heterocycles. The van der Waals surface area contributed by atoms with E-state index in [4.69, 9.17) is 0 Å². The van der Waals surface area contributed by atoms with E-state index >= 15 is 0 Å². The molecule has 4 heteroatoms. The lowest BCUT2D eigenvalue weighted by atomic mass is 10.2. The van der Waals surface area contributed by atoms with Crippen molar-refractivity contribution in [2.45, 2.75) is 32.6 Å². The summed E-state index contributed by atoms with van der Waals surface area (Å²) in [5, 5.41) is 0.